The second kappa shape index (κ2) is 5.72. The van der Waals surface area contributed by atoms with Gasteiger partial charge in [0.25, 0.3) is 0 Å². The van der Waals surface area contributed by atoms with E-state index in [1.807, 2.05) is 0 Å². The Bertz CT molecular complexity index is 373. The number of piperazine rings is 1. The van der Waals surface area contributed by atoms with Gasteiger partial charge < -0.3 is 10.2 Å². The maximum absolute atomic E-state index is 3.67. The van der Waals surface area contributed by atoms with Crippen LogP contribution in [0.2, 0.25) is 0 Å². The minimum Gasteiger partial charge on any atom is -0.364 e. The zero-order valence-corrected chi connectivity index (χ0v) is 13.4. The molecular formula is C13H18Br2N2. The molecule has 2 rings (SSSR count). The number of benzene rings is 1. The van der Waals surface area contributed by atoms with Crippen molar-refractivity contribution in [3.63, 3.8) is 0 Å². The Morgan fingerprint density at radius 3 is 2.53 bits per heavy atom. The third-order valence-corrected chi connectivity index (χ3v) is 4.56. The van der Waals surface area contributed by atoms with Crippen molar-refractivity contribution in [1.82, 2.24) is 5.32 Å². The number of rotatable bonds is 2. The highest BCUT2D eigenvalue weighted by Gasteiger charge is 2.27. The van der Waals surface area contributed by atoms with E-state index in [0.717, 1.165) is 19.6 Å². The van der Waals surface area contributed by atoms with E-state index in [9.17, 15) is 0 Å². The van der Waals surface area contributed by atoms with Gasteiger partial charge in [0.1, 0.15) is 0 Å². The second-order valence-corrected chi connectivity index (χ2v) is 6.49. The average Bonchev–Trinajstić information content (AvgIpc) is 2.29. The molecule has 0 amide bonds. The maximum Gasteiger partial charge on any atom is 0.0658 e. The normalized spacial score (nSPS) is 21.0. The van der Waals surface area contributed by atoms with E-state index in [1.165, 1.54) is 14.6 Å². The number of para-hydroxylation sites is 1. The second-order valence-electron chi connectivity index (χ2n) is 4.78. The Morgan fingerprint density at radius 2 is 1.94 bits per heavy atom. The van der Waals surface area contributed by atoms with E-state index in [2.05, 4.69) is 74.1 Å². The summed E-state index contributed by atoms with van der Waals surface area (Å²) >= 11 is 7.33. The van der Waals surface area contributed by atoms with Crippen LogP contribution in [0.1, 0.15) is 13.8 Å². The topological polar surface area (TPSA) is 15.3 Å². The molecule has 1 fully saturated rings. The minimum absolute atomic E-state index is 0.554. The number of anilines is 1. The van der Waals surface area contributed by atoms with Gasteiger partial charge in [0.15, 0.2) is 0 Å². The molecule has 17 heavy (non-hydrogen) atoms. The van der Waals surface area contributed by atoms with Gasteiger partial charge >= 0.3 is 0 Å². The Kier molecular flexibility index (Phi) is 4.50. The lowest BCUT2D eigenvalue weighted by Crippen LogP contribution is -2.54. The van der Waals surface area contributed by atoms with Crippen LogP contribution in [-0.4, -0.2) is 25.7 Å². The summed E-state index contributed by atoms with van der Waals surface area (Å²) in [6.07, 6.45) is 0. The van der Waals surface area contributed by atoms with Gasteiger partial charge in [-0.05, 0) is 49.9 Å². The van der Waals surface area contributed by atoms with Crippen molar-refractivity contribution in [2.75, 3.05) is 24.5 Å². The molecule has 1 aromatic carbocycles. The molecule has 0 saturated carbocycles. The van der Waals surface area contributed by atoms with Gasteiger partial charge in [-0.3, -0.25) is 0 Å². The summed E-state index contributed by atoms with van der Waals surface area (Å²) in [4.78, 5) is 2.51. The summed E-state index contributed by atoms with van der Waals surface area (Å²) in [5.74, 6) is 0.641. The number of hydrogen-bond acceptors (Lipinski definition) is 2. The molecule has 0 aromatic heterocycles. The summed E-state index contributed by atoms with van der Waals surface area (Å²) in [7, 11) is 0. The molecule has 1 unspecified atom stereocenters. The van der Waals surface area contributed by atoms with Crippen molar-refractivity contribution < 1.29 is 0 Å². The highest BCUT2D eigenvalue weighted by Crippen LogP contribution is 2.36. The van der Waals surface area contributed by atoms with Crippen molar-refractivity contribution in [3.05, 3.63) is 27.1 Å². The number of hydrogen-bond donors (Lipinski definition) is 1. The number of halogens is 2. The van der Waals surface area contributed by atoms with Crippen LogP contribution in [0.15, 0.2) is 27.1 Å². The summed E-state index contributed by atoms with van der Waals surface area (Å²) in [5, 5.41) is 3.48. The van der Waals surface area contributed by atoms with Gasteiger partial charge in [-0.25, -0.2) is 0 Å². The molecular weight excluding hydrogens is 344 g/mol. The fraction of sp³-hybridized carbons (Fsp3) is 0.538. The smallest absolute Gasteiger partial charge is 0.0658 e. The van der Waals surface area contributed by atoms with Crippen LogP contribution < -0.4 is 10.2 Å². The lowest BCUT2D eigenvalue weighted by molar-refractivity contribution is 0.390. The predicted molar refractivity (Wildman–Crippen MR) is 80.7 cm³/mol. The molecule has 0 radical (unpaired) electrons. The third-order valence-electron chi connectivity index (χ3n) is 3.28. The molecule has 0 aliphatic carbocycles. The van der Waals surface area contributed by atoms with Crippen molar-refractivity contribution in [2.24, 2.45) is 5.92 Å². The quantitative estimate of drug-likeness (QED) is 0.864. The number of nitrogens with zero attached hydrogens (tertiary/aromatic N) is 1. The molecule has 1 heterocycles. The van der Waals surface area contributed by atoms with Crippen LogP contribution in [0.3, 0.4) is 0 Å². The Balaban J connectivity index is 2.36. The van der Waals surface area contributed by atoms with Crippen LogP contribution in [0.4, 0.5) is 5.69 Å². The highest BCUT2D eigenvalue weighted by atomic mass is 79.9. The Hall–Kier alpha value is -0.0600. The van der Waals surface area contributed by atoms with Crippen LogP contribution in [-0.2, 0) is 0 Å². The van der Waals surface area contributed by atoms with Crippen molar-refractivity contribution in [1.29, 1.82) is 0 Å². The van der Waals surface area contributed by atoms with Gasteiger partial charge in [0, 0.05) is 34.6 Å². The summed E-state index contributed by atoms with van der Waals surface area (Å²) in [6.45, 7) is 7.75. The molecule has 1 saturated heterocycles. The molecule has 1 aromatic rings. The van der Waals surface area contributed by atoms with Crippen LogP contribution in [0, 0.1) is 5.92 Å². The van der Waals surface area contributed by atoms with E-state index >= 15 is 0 Å². The van der Waals surface area contributed by atoms with E-state index < -0.39 is 0 Å². The molecule has 1 N–H and O–H groups in total. The molecule has 4 heteroatoms. The lowest BCUT2D eigenvalue weighted by atomic mass is 10.00. The van der Waals surface area contributed by atoms with Gasteiger partial charge in [0.2, 0.25) is 0 Å². The summed E-state index contributed by atoms with van der Waals surface area (Å²) in [5.41, 5.74) is 1.28. The zero-order chi connectivity index (χ0) is 12.4. The Morgan fingerprint density at radius 1 is 1.29 bits per heavy atom. The first-order valence-electron chi connectivity index (χ1n) is 6.02. The Labute approximate surface area is 120 Å². The molecule has 1 aliphatic heterocycles. The lowest BCUT2D eigenvalue weighted by Gasteiger charge is -2.41. The molecule has 2 nitrogen and oxygen atoms in total. The van der Waals surface area contributed by atoms with Crippen LogP contribution >= 0.6 is 31.9 Å². The standard InChI is InChI=1S/C13H18Br2N2/c1-9(2)12-8-16-6-7-17(12)13-10(14)4-3-5-11(13)15/h3-5,9,12,16H,6-8H2,1-2H3. The fourth-order valence-corrected chi connectivity index (χ4v) is 3.82. The van der Waals surface area contributed by atoms with Crippen LogP contribution in [0.5, 0.6) is 0 Å². The summed E-state index contributed by atoms with van der Waals surface area (Å²) in [6, 6.07) is 6.84. The van der Waals surface area contributed by atoms with Crippen molar-refractivity contribution >= 4 is 37.5 Å². The maximum atomic E-state index is 3.67. The first kappa shape index (κ1) is 13.4. The predicted octanol–water partition coefficient (Wildman–Crippen LogP) is 3.65. The summed E-state index contributed by atoms with van der Waals surface area (Å²) < 4.78 is 2.33. The van der Waals surface area contributed by atoms with Gasteiger partial charge in [-0.15, -0.1) is 0 Å². The monoisotopic (exact) mass is 360 g/mol. The highest BCUT2D eigenvalue weighted by molar-refractivity contribution is 9.11. The van der Waals surface area contributed by atoms with Crippen molar-refractivity contribution in [2.45, 2.75) is 19.9 Å². The minimum atomic E-state index is 0.554. The molecule has 94 valence electrons. The first-order valence-corrected chi connectivity index (χ1v) is 7.61. The van der Waals surface area contributed by atoms with E-state index in [0.29, 0.717) is 12.0 Å². The van der Waals surface area contributed by atoms with Gasteiger partial charge in [0.05, 0.1) is 5.69 Å². The fourth-order valence-electron chi connectivity index (χ4n) is 2.36. The number of nitrogens with one attached hydrogen (secondary N) is 1. The average molecular weight is 362 g/mol. The molecule has 0 spiro atoms. The first-order chi connectivity index (χ1) is 8.11. The van der Waals surface area contributed by atoms with Crippen LogP contribution in [0.25, 0.3) is 0 Å². The largest absolute Gasteiger partial charge is 0.364 e. The zero-order valence-electron chi connectivity index (χ0n) is 10.2. The molecule has 1 atom stereocenters. The van der Waals surface area contributed by atoms with Gasteiger partial charge in [-0.2, -0.15) is 0 Å². The third kappa shape index (κ3) is 2.85. The van der Waals surface area contributed by atoms with Gasteiger partial charge in [-0.1, -0.05) is 19.9 Å². The van der Waals surface area contributed by atoms with E-state index in [-0.39, 0.29) is 0 Å². The molecule has 0 bridgehead atoms. The molecule has 1 aliphatic rings. The van der Waals surface area contributed by atoms with Crippen molar-refractivity contribution in [3.8, 4) is 0 Å². The SMILES string of the molecule is CC(C)C1CNCCN1c1c(Br)cccc1Br. The van der Waals surface area contributed by atoms with E-state index in [1.54, 1.807) is 0 Å². The van der Waals surface area contributed by atoms with E-state index in [4.69, 9.17) is 0 Å².